The van der Waals surface area contributed by atoms with Crippen molar-refractivity contribution in [3.8, 4) is 6.07 Å². The number of nitrogens with one attached hydrogen (secondary N) is 2. The number of nitrogens with zero attached hydrogens (tertiary/aromatic N) is 4. The number of rotatable bonds is 4. The van der Waals surface area contributed by atoms with Crippen LogP contribution in [0.1, 0.15) is 21.7 Å². The van der Waals surface area contributed by atoms with Crippen molar-refractivity contribution in [2.24, 2.45) is 0 Å². The number of hydrogen-bond donors (Lipinski definition) is 2. The van der Waals surface area contributed by atoms with E-state index in [0.717, 1.165) is 0 Å². The van der Waals surface area contributed by atoms with Crippen LogP contribution < -0.4 is 5.32 Å². The van der Waals surface area contributed by atoms with E-state index < -0.39 is 5.97 Å². The van der Waals surface area contributed by atoms with Gasteiger partial charge in [-0.1, -0.05) is 15.9 Å². The lowest BCUT2D eigenvalue weighted by Gasteiger charge is -2.11. The molecule has 0 bridgehead atoms. The van der Waals surface area contributed by atoms with Crippen LogP contribution in [0.3, 0.4) is 0 Å². The first-order chi connectivity index (χ1) is 10.6. The minimum atomic E-state index is -0.440. The number of hydrogen-bond acceptors (Lipinski definition) is 7. The number of benzene rings is 1. The zero-order valence-electron chi connectivity index (χ0n) is 11.7. The van der Waals surface area contributed by atoms with Crippen LogP contribution >= 0.6 is 15.9 Å². The zero-order chi connectivity index (χ0) is 16.1. The standard InChI is InChI=1S/C13H11BrN6O2/c1-7-10(13(21)22-2)3-9(14)4-11(7)16-6-8(5-15)12-17-19-20-18-12/h3-4,6,16H,1-2H3,(H,17,18,19,20). The van der Waals surface area contributed by atoms with Crippen LogP contribution in [0.25, 0.3) is 5.57 Å². The van der Waals surface area contributed by atoms with Crippen molar-refractivity contribution < 1.29 is 9.53 Å². The number of anilines is 1. The molecule has 112 valence electrons. The minimum Gasteiger partial charge on any atom is -0.465 e. The summed E-state index contributed by atoms with van der Waals surface area (Å²) >= 11 is 3.33. The van der Waals surface area contributed by atoms with Gasteiger partial charge in [-0.05, 0) is 29.8 Å². The Kier molecular flexibility index (Phi) is 4.85. The molecule has 0 saturated heterocycles. The summed E-state index contributed by atoms with van der Waals surface area (Å²) in [6.45, 7) is 1.77. The Hall–Kier alpha value is -2.73. The maximum absolute atomic E-state index is 11.7. The van der Waals surface area contributed by atoms with Crippen LogP contribution in [0.5, 0.6) is 0 Å². The second-order valence-electron chi connectivity index (χ2n) is 4.17. The largest absolute Gasteiger partial charge is 0.465 e. The van der Waals surface area contributed by atoms with Gasteiger partial charge in [0.15, 0.2) is 0 Å². The number of ether oxygens (including phenoxy) is 1. The summed E-state index contributed by atoms with van der Waals surface area (Å²) in [5.41, 5.74) is 1.96. The highest BCUT2D eigenvalue weighted by molar-refractivity contribution is 9.10. The van der Waals surface area contributed by atoms with E-state index in [0.29, 0.717) is 21.3 Å². The number of carbonyl (C=O) groups is 1. The molecule has 0 fully saturated rings. The number of aromatic amines is 1. The number of H-pyrrole nitrogens is 1. The van der Waals surface area contributed by atoms with E-state index in [1.54, 1.807) is 19.1 Å². The maximum atomic E-state index is 11.7. The third-order valence-corrected chi connectivity index (χ3v) is 3.31. The number of tetrazole rings is 1. The van der Waals surface area contributed by atoms with Gasteiger partial charge in [-0.3, -0.25) is 0 Å². The zero-order valence-corrected chi connectivity index (χ0v) is 13.3. The molecular formula is C13H11BrN6O2. The van der Waals surface area contributed by atoms with Gasteiger partial charge in [0.2, 0.25) is 5.82 Å². The molecule has 22 heavy (non-hydrogen) atoms. The average Bonchev–Trinajstić information content (AvgIpc) is 3.04. The van der Waals surface area contributed by atoms with E-state index in [4.69, 9.17) is 10.00 Å². The predicted octanol–water partition coefficient (Wildman–Crippen LogP) is 2.03. The molecule has 9 heteroatoms. The molecule has 2 aromatic rings. The number of aromatic nitrogens is 4. The van der Waals surface area contributed by atoms with Crippen molar-refractivity contribution in [2.45, 2.75) is 6.92 Å². The second-order valence-corrected chi connectivity index (χ2v) is 5.08. The van der Waals surface area contributed by atoms with Gasteiger partial charge in [0.05, 0.1) is 12.7 Å². The molecule has 0 radical (unpaired) electrons. The lowest BCUT2D eigenvalue weighted by atomic mass is 10.1. The number of carbonyl (C=O) groups excluding carboxylic acids is 1. The van der Waals surface area contributed by atoms with Crippen molar-refractivity contribution in [1.29, 1.82) is 5.26 Å². The lowest BCUT2D eigenvalue weighted by molar-refractivity contribution is 0.0600. The summed E-state index contributed by atoms with van der Waals surface area (Å²) in [7, 11) is 1.32. The molecule has 1 heterocycles. The molecule has 0 saturated carbocycles. The lowest BCUT2D eigenvalue weighted by Crippen LogP contribution is -2.06. The normalized spacial score (nSPS) is 10.9. The molecule has 0 spiro atoms. The van der Waals surface area contributed by atoms with Crippen molar-refractivity contribution in [3.63, 3.8) is 0 Å². The highest BCUT2D eigenvalue weighted by Gasteiger charge is 2.14. The van der Waals surface area contributed by atoms with Gasteiger partial charge in [0.25, 0.3) is 0 Å². The Morgan fingerprint density at radius 1 is 1.55 bits per heavy atom. The number of halogens is 1. The Bertz CT molecular complexity index is 764. The van der Waals surface area contributed by atoms with Gasteiger partial charge < -0.3 is 10.1 Å². The van der Waals surface area contributed by atoms with E-state index in [1.807, 2.05) is 6.07 Å². The summed E-state index contributed by atoms with van der Waals surface area (Å²) in [5.74, 6) is -0.264. The molecule has 0 amide bonds. The van der Waals surface area contributed by atoms with Gasteiger partial charge in [-0.15, -0.1) is 10.2 Å². The summed E-state index contributed by atoms with van der Waals surface area (Å²) in [5, 5.41) is 25.2. The van der Waals surface area contributed by atoms with Crippen LogP contribution in [0, 0.1) is 18.3 Å². The number of allylic oxidation sites excluding steroid dienone is 1. The fourth-order valence-corrected chi connectivity index (χ4v) is 2.18. The van der Waals surface area contributed by atoms with Crippen molar-refractivity contribution >= 4 is 33.2 Å². The second kappa shape index (κ2) is 6.82. The molecule has 0 aliphatic carbocycles. The molecule has 0 aliphatic rings. The summed E-state index contributed by atoms with van der Waals surface area (Å²) in [4.78, 5) is 11.7. The molecule has 1 aromatic carbocycles. The fraction of sp³-hybridized carbons (Fsp3) is 0.154. The van der Waals surface area contributed by atoms with Crippen molar-refractivity contribution in [1.82, 2.24) is 20.6 Å². The first-order valence-electron chi connectivity index (χ1n) is 6.06. The third kappa shape index (κ3) is 3.29. The molecular weight excluding hydrogens is 352 g/mol. The third-order valence-electron chi connectivity index (χ3n) is 2.86. The molecule has 0 atom stereocenters. The summed E-state index contributed by atoms with van der Waals surface area (Å²) in [6.07, 6.45) is 1.45. The van der Waals surface area contributed by atoms with Gasteiger partial charge in [0, 0.05) is 16.4 Å². The number of methoxy groups -OCH3 is 1. The van der Waals surface area contributed by atoms with E-state index >= 15 is 0 Å². The van der Waals surface area contributed by atoms with Crippen molar-refractivity contribution in [2.75, 3.05) is 12.4 Å². The van der Waals surface area contributed by atoms with Crippen LogP contribution in [0.15, 0.2) is 22.8 Å². The molecule has 0 unspecified atom stereocenters. The molecule has 8 nitrogen and oxygen atoms in total. The predicted molar refractivity (Wildman–Crippen MR) is 81.6 cm³/mol. The first kappa shape index (κ1) is 15.7. The van der Waals surface area contributed by atoms with E-state index in [1.165, 1.54) is 13.3 Å². The molecule has 2 rings (SSSR count). The number of esters is 1. The molecule has 0 aliphatic heterocycles. The average molecular weight is 363 g/mol. The Morgan fingerprint density at radius 2 is 2.32 bits per heavy atom. The summed E-state index contributed by atoms with van der Waals surface area (Å²) < 4.78 is 5.45. The van der Waals surface area contributed by atoms with Crippen LogP contribution in [-0.4, -0.2) is 33.7 Å². The highest BCUT2D eigenvalue weighted by atomic mass is 79.9. The highest BCUT2D eigenvalue weighted by Crippen LogP contribution is 2.26. The van der Waals surface area contributed by atoms with Crippen LogP contribution in [0.2, 0.25) is 0 Å². The van der Waals surface area contributed by atoms with Gasteiger partial charge in [0.1, 0.15) is 11.6 Å². The minimum absolute atomic E-state index is 0.177. The van der Waals surface area contributed by atoms with Gasteiger partial charge in [-0.2, -0.15) is 10.5 Å². The molecule has 1 aromatic heterocycles. The van der Waals surface area contributed by atoms with E-state index in [-0.39, 0.29) is 11.4 Å². The monoisotopic (exact) mass is 362 g/mol. The summed E-state index contributed by atoms with van der Waals surface area (Å²) in [6, 6.07) is 5.42. The molecule has 2 N–H and O–H groups in total. The maximum Gasteiger partial charge on any atom is 0.338 e. The smallest absolute Gasteiger partial charge is 0.338 e. The Labute approximate surface area is 134 Å². The van der Waals surface area contributed by atoms with Gasteiger partial charge >= 0.3 is 5.97 Å². The van der Waals surface area contributed by atoms with E-state index in [9.17, 15) is 4.79 Å². The topological polar surface area (TPSA) is 117 Å². The Balaban J connectivity index is 2.36. The van der Waals surface area contributed by atoms with Gasteiger partial charge in [-0.25, -0.2) is 4.79 Å². The van der Waals surface area contributed by atoms with E-state index in [2.05, 4.69) is 41.9 Å². The number of nitriles is 1. The Morgan fingerprint density at radius 3 is 2.91 bits per heavy atom. The van der Waals surface area contributed by atoms with Crippen LogP contribution in [0.4, 0.5) is 5.69 Å². The fourth-order valence-electron chi connectivity index (χ4n) is 1.72. The quantitative estimate of drug-likeness (QED) is 0.631. The SMILES string of the molecule is COC(=O)c1cc(Br)cc(NC=C(C#N)c2nn[nH]n2)c1C. The van der Waals surface area contributed by atoms with Crippen molar-refractivity contribution in [3.05, 3.63) is 39.8 Å². The first-order valence-corrected chi connectivity index (χ1v) is 6.85. The van der Waals surface area contributed by atoms with Crippen LogP contribution in [-0.2, 0) is 4.74 Å².